The number of alkyl carbamates (subject to hydrolysis) is 1. The molecule has 0 aromatic heterocycles. The zero-order valence-corrected chi connectivity index (χ0v) is 23.3. The summed E-state index contributed by atoms with van der Waals surface area (Å²) in [5, 5.41) is 2.83. The van der Waals surface area contributed by atoms with Crippen molar-refractivity contribution in [3.8, 4) is 0 Å². The number of nitrogens with one attached hydrogen (secondary N) is 1. The van der Waals surface area contributed by atoms with Crippen molar-refractivity contribution in [1.82, 2.24) is 10.2 Å². The van der Waals surface area contributed by atoms with Crippen molar-refractivity contribution in [2.24, 2.45) is 5.92 Å². The van der Waals surface area contributed by atoms with E-state index in [0.717, 1.165) is 37.7 Å². The van der Waals surface area contributed by atoms with Gasteiger partial charge in [0.05, 0.1) is 19.8 Å². The van der Waals surface area contributed by atoms with Gasteiger partial charge in [0.25, 0.3) is 0 Å². The highest BCUT2D eigenvalue weighted by Gasteiger charge is 2.45. The summed E-state index contributed by atoms with van der Waals surface area (Å²) in [5.74, 6) is -0.769. The third-order valence-corrected chi connectivity index (χ3v) is 6.98. The Bertz CT molecular complexity index is 896. The van der Waals surface area contributed by atoms with Crippen molar-refractivity contribution in [3.05, 3.63) is 35.9 Å². The number of amides is 2. The fraction of sp³-hybridized carbons (Fsp3) is 0.690. The molecule has 2 fully saturated rings. The van der Waals surface area contributed by atoms with Gasteiger partial charge in [-0.05, 0) is 51.5 Å². The van der Waals surface area contributed by atoms with E-state index in [4.69, 9.17) is 18.9 Å². The lowest BCUT2D eigenvalue weighted by Crippen LogP contribution is -2.55. The molecule has 1 heterocycles. The molecule has 3 rings (SSSR count). The first kappa shape index (κ1) is 29.9. The Morgan fingerprint density at radius 2 is 1.76 bits per heavy atom. The maximum atomic E-state index is 13.8. The maximum Gasteiger partial charge on any atom is 0.408 e. The molecule has 9 heteroatoms. The number of hydrogen-bond donors (Lipinski definition) is 1. The van der Waals surface area contributed by atoms with Gasteiger partial charge in [0.2, 0.25) is 5.91 Å². The van der Waals surface area contributed by atoms with Crippen LogP contribution in [0.5, 0.6) is 0 Å². The van der Waals surface area contributed by atoms with E-state index in [0.29, 0.717) is 32.7 Å². The first-order chi connectivity index (χ1) is 18.2. The number of benzene rings is 1. The van der Waals surface area contributed by atoms with E-state index in [-0.39, 0.29) is 24.5 Å². The first-order valence-corrected chi connectivity index (χ1v) is 13.8. The topological polar surface area (TPSA) is 103 Å². The number of likely N-dealkylation sites (tertiary alicyclic amines) is 1. The molecule has 212 valence electrons. The smallest absolute Gasteiger partial charge is 0.408 e. The summed E-state index contributed by atoms with van der Waals surface area (Å²) in [6.45, 7) is 7.17. The molecular weight excluding hydrogens is 488 g/mol. The van der Waals surface area contributed by atoms with Gasteiger partial charge in [-0.2, -0.15) is 0 Å². The Morgan fingerprint density at radius 3 is 2.42 bits per heavy atom. The van der Waals surface area contributed by atoms with E-state index in [9.17, 15) is 14.4 Å². The minimum absolute atomic E-state index is 0.0104. The number of carbonyl (C=O) groups is 3. The van der Waals surface area contributed by atoms with Crippen LogP contribution in [0.4, 0.5) is 4.79 Å². The van der Waals surface area contributed by atoms with Crippen LogP contribution in [0.15, 0.2) is 30.3 Å². The van der Waals surface area contributed by atoms with Crippen LogP contribution >= 0.6 is 0 Å². The normalized spacial score (nSPS) is 21.1. The minimum atomic E-state index is -0.762. The van der Waals surface area contributed by atoms with Crippen molar-refractivity contribution in [1.29, 1.82) is 0 Å². The molecule has 2 aliphatic rings. The standard InChI is InChI=1S/C29H44N2O7/c1-29(2,3)38-28(34)30-25(22-14-9-6-10-15-22)26(32)31-19-23(18-24(31)27(33)35-4)37-17-11-16-36-20-21-12-7-5-8-13-21/h5,7-8,12-13,22-25H,6,9-11,14-20H2,1-4H3,(H,30,34)/t23-,24?,25+/m1/s1. The molecule has 1 unspecified atom stereocenters. The molecule has 1 aliphatic carbocycles. The number of nitrogens with zero attached hydrogens (tertiary/aromatic N) is 1. The molecule has 9 nitrogen and oxygen atoms in total. The Labute approximate surface area is 226 Å². The highest BCUT2D eigenvalue weighted by molar-refractivity contribution is 5.90. The summed E-state index contributed by atoms with van der Waals surface area (Å²) in [4.78, 5) is 40.7. The van der Waals surface area contributed by atoms with Gasteiger partial charge in [-0.1, -0.05) is 49.6 Å². The SMILES string of the molecule is COC(=O)C1C[C@@H](OCCCOCc2ccccc2)CN1C(=O)[C@@H](NC(=O)OC(C)(C)C)C1CCCCC1. The fourth-order valence-corrected chi connectivity index (χ4v) is 5.16. The molecule has 2 amide bonds. The lowest BCUT2D eigenvalue weighted by molar-refractivity contribution is -0.152. The number of ether oxygens (including phenoxy) is 4. The maximum absolute atomic E-state index is 13.8. The van der Waals surface area contributed by atoms with Gasteiger partial charge in [0.1, 0.15) is 17.7 Å². The van der Waals surface area contributed by atoms with Gasteiger partial charge in [-0.3, -0.25) is 4.79 Å². The zero-order valence-electron chi connectivity index (χ0n) is 23.3. The molecule has 1 aliphatic heterocycles. The third-order valence-electron chi connectivity index (χ3n) is 6.98. The van der Waals surface area contributed by atoms with E-state index >= 15 is 0 Å². The Balaban J connectivity index is 1.58. The molecule has 0 bridgehead atoms. The summed E-state index contributed by atoms with van der Waals surface area (Å²) >= 11 is 0. The summed E-state index contributed by atoms with van der Waals surface area (Å²) < 4.78 is 22.2. The predicted molar refractivity (Wildman–Crippen MR) is 142 cm³/mol. The molecule has 38 heavy (non-hydrogen) atoms. The number of hydrogen-bond acceptors (Lipinski definition) is 7. The molecule has 0 spiro atoms. The van der Waals surface area contributed by atoms with Crippen LogP contribution in [0.3, 0.4) is 0 Å². The lowest BCUT2D eigenvalue weighted by Gasteiger charge is -2.34. The van der Waals surface area contributed by atoms with Crippen molar-refractivity contribution < 1.29 is 33.3 Å². The zero-order chi connectivity index (χ0) is 27.5. The molecule has 1 saturated heterocycles. The molecule has 3 atom stereocenters. The molecule has 1 saturated carbocycles. The second-order valence-corrected chi connectivity index (χ2v) is 11.2. The lowest BCUT2D eigenvalue weighted by atomic mass is 9.83. The van der Waals surface area contributed by atoms with Crippen LogP contribution in [0.25, 0.3) is 0 Å². The van der Waals surface area contributed by atoms with E-state index < -0.39 is 29.7 Å². The predicted octanol–water partition coefficient (Wildman–Crippen LogP) is 4.23. The van der Waals surface area contributed by atoms with Crippen LogP contribution in [-0.2, 0) is 35.1 Å². The van der Waals surface area contributed by atoms with Gasteiger partial charge in [0.15, 0.2) is 0 Å². The number of rotatable bonds is 11. The summed E-state index contributed by atoms with van der Waals surface area (Å²) in [6.07, 6.45) is 4.93. The average molecular weight is 533 g/mol. The molecule has 1 aromatic carbocycles. The molecular formula is C29H44N2O7. The molecule has 1 aromatic rings. The number of carbonyl (C=O) groups excluding carboxylic acids is 3. The van der Waals surface area contributed by atoms with Crippen molar-refractivity contribution in [2.75, 3.05) is 26.9 Å². The van der Waals surface area contributed by atoms with Crippen molar-refractivity contribution >= 4 is 18.0 Å². The van der Waals surface area contributed by atoms with Gasteiger partial charge >= 0.3 is 12.1 Å². The number of methoxy groups -OCH3 is 1. The van der Waals surface area contributed by atoms with E-state index in [1.165, 1.54) is 12.0 Å². The summed E-state index contributed by atoms with van der Waals surface area (Å²) in [5.41, 5.74) is 0.433. The van der Waals surface area contributed by atoms with Crippen LogP contribution in [0.1, 0.15) is 71.3 Å². The van der Waals surface area contributed by atoms with Gasteiger partial charge in [-0.15, -0.1) is 0 Å². The summed E-state index contributed by atoms with van der Waals surface area (Å²) in [6, 6.07) is 8.46. The largest absolute Gasteiger partial charge is 0.467 e. The van der Waals surface area contributed by atoms with Crippen LogP contribution in [-0.4, -0.2) is 73.5 Å². The Morgan fingerprint density at radius 1 is 1.05 bits per heavy atom. The van der Waals surface area contributed by atoms with Crippen LogP contribution in [0, 0.1) is 5.92 Å². The fourth-order valence-electron chi connectivity index (χ4n) is 5.16. The van der Waals surface area contributed by atoms with Gasteiger partial charge in [0, 0.05) is 26.2 Å². The Hall–Kier alpha value is -2.65. The number of esters is 1. The first-order valence-electron chi connectivity index (χ1n) is 13.8. The van der Waals surface area contributed by atoms with Crippen LogP contribution in [0.2, 0.25) is 0 Å². The van der Waals surface area contributed by atoms with E-state index in [2.05, 4.69) is 5.32 Å². The average Bonchev–Trinajstić information content (AvgIpc) is 3.33. The van der Waals surface area contributed by atoms with Gasteiger partial charge < -0.3 is 29.2 Å². The Kier molecular flexibility index (Phi) is 11.4. The molecule has 1 N–H and O–H groups in total. The monoisotopic (exact) mass is 532 g/mol. The quantitative estimate of drug-likeness (QED) is 0.336. The van der Waals surface area contributed by atoms with Crippen molar-refractivity contribution in [3.63, 3.8) is 0 Å². The van der Waals surface area contributed by atoms with Crippen molar-refractivity contribution in [2.45, 2.75) is 96.1 Å². The third kappa shape index (κ3) is 9.27. The van der Waals surface area contributed by atoms with Crippen LogP contribution < -0.4 is 5.32 Å². The van der Waals surface area contributed by atoms with E-state index in [1.54, 1.807) is 20.8 Å². The summed E-state index contributed by atoms with van der Waals surface area (Å²) in [7, 11) is 1.32. The van der Waals surface area contributed by atoms with E-state index in [1.807, 2.05) is 30.3 Å². The molecule has 0 radical (unpaired) electrons. The highest BCUT2D eigenvalue weighted by Crippen LogP contribution is 2.30. The van der Waals surface area contributed by atoms with Gasteiger partial charge in [-0.25, -0.2) is 9.59 Å². The second-order valence-electron chi connectivity index (χ2n) is 11.2. The minimum Gasteiger partial charge on any atom is -0.467 e. The second kappa shape index (κ2) is 14.5. The highest BCUT2D eigenvalue weighted by atomic mass is 16.6.